The Hall–Kier alpha value is -2.87. The minimum atomic E-state index is -0.796. The van der Waals surface area contributed by atoms with Crippen molar-refractivity contribution in [3.8, 4) is 5.75 Å². The second kappa shape index (κ2) is 10.1. The van der Waals surface area contributed by atoms with E-state index in [1.807, 2.05) is 12.1 Å². The third kappa shape index (κ3) is 6.05. The summed E-state index contributed by atoms with van der Waals surface area (Å²) in [5.41, 5.74) is 1.15. The van der Waals surface area contributed by atoms with Crippen LogP contribution in [0.25, 0.3) is 0 Å². The van der Waals surface area contributed by atoms with Gasteiger partial charge in [-0.25, -0.2) is 13.6 Å². The van der Waals surface area contributed by atoms with Crippen molar-refractivity contribution in [2.45, 2.75) is 6.42 Å². The number of rotatable bonds is 7. The lowest BCUT2D eigenvalue weighted by Crippen LogP contribution is -2.47. The molecule has 2 amide bonds. The molecule has 29 heavy (non-hydrogen) atoms. The summed E-state index contributed by atoms with van der Waals surface area (Å²) in [6, 6.07) is 10.6. The minimum Gasteiger partial charge on any atom is -0.497 e. The number of methoxy groups -OCH3 is 1. The van der Waals surface area contributed by atoms with Gasteiger partial charge >= 0.3 is 6.03 Å². The molecular formula is C21H26F2N4O2. The maximum Gasteiger partial charge on any atom is 0.319 e. The van der Waals surface area contributed by atoms with Gasteiger partial charge in [-0.3, -0.25) is 4.90 Å². The normalized spacial score (nSPS) is 14.5. The van der Waals surface area contributed by atoms with Crippen molar-refractivity contribution in [3.63, 3.8) is 0 Å². The molecule has 1 fully saturated rings. The highest BCUT2D eigenvalue weighted by Gasteiger charge is 2.17. The molecule has 1 saturated heterocycles. The van der Waals surface area contributed by atoms with E-state index in [0.717, 1.165) is 57.0 Å². The predicted molar refractivity (Wildman–Crippen MR) is 110 cm³/mol. The van der Waals surface area contributed by atoms with Crippen LogP contribution >= 0.6 is 0 Å². The van der Waals surface area contributed by atoms with Gasteiger partial charge in [0.25, 0.3) is 0 Å². The zero-order chi connectivity index (χ0) is 20.6. The van der Waals surface area contributed by atoms with Gasteiger partial charge in [-0.2, -0.15) is 0 Å². The smallest absolute Gasteiger partial charge is 0.319 e. The number of carbonyl (C=O) groups excluding carboxylic acids is 1. The molecule has 0 spiro atoms. The summed E-state index contributed by atoms with van der Waals surface area (Å²) in [6.45, 7) is 5.17. The van der Waals surface area contributed by atoms with Crippen molar-refractivity contribution in [1.82, 2.24) is 10.2 Å². The first-order valence-electron chi connectivity index (χ1n) is 9.66. The van der Waals surface area contributed by atoms with Crippen LogP contribution in [0.1, 0.15) is 6.42 Å². The highest BCUT2D eigenvalue weighted by molar-refractivity contribution is 5.89. The van der Waals surface area contributed by atoms with Crippen molar-refractivity contribution in [3.05, 3.63) is 54.1 Å². The Balaban J connectivity index is 1.32. The van der Waals surface area contributed by atoms with Crippen molar-refractivity contribution >= 4 is 17.4 Å². The number of ether oxygens (including phenoxy) is 1. The number of piperazine rings is 1. The SMILES string of the molecule is COc1ccc(N2CCN(CCCNC(=O)Nc3ccc(F)cc3F)CC2)cc1. The van der Waals surface area contributed by atoms with Crippen LogP contribution in [-0.4, -0.2) is 57.3 Å². The largest absolute Gasteiger partial charge is 0.497 e. The van der Waals surface area contributed by atoms with Gasteiger partial charge in [0.15, 0.2) is 0 Å². The van der Waals surface area contributed by atoms with Gasteiger partial charge in [0.05, 0.1) is 12.8 Å². The van der Waals surface area contributed by atoms with E-state index in [1.54, 1.807) is 7.11 Å². The van der Waals surface area contributed by atoms with Gasteiger partial charge in [0, 0.05) is 44.5 Å². The van der Waals surface area contributed by atoms with Crippen molar-refractivity contribution < 1.29 is 18.3 Å². The monoisotopic (exact) mass is 404 g/mol. The number of urea groups is 1. The van der Waals surface area contributed by atoms with E-state index in [1.165, 1.54) is 11.8 Å². The van der Waals surface area contributed by atoms with Crippen LogP contribution in [0.3, 0.4) is 0 Å². The van der Waals surface area contributed by atoms with Gasteiger partial charge in [-0.1, -0.05) is 0 Å². The molecule has 1 aliphatic rings. The van der Waals surface area contributed by atoms with E-state index in [2.05, 4.69) is 32.6 Å². The van der Waals surface area contributed by atoms with Gasteiger partial charge < -0.3 is 20.3 Å². The first-order valence-corrected chi connectivity index (χ1v) is 9.66. The lowest BCUT2D eigenvalue weighted by Gasteiger charge is -2.36. The quantitative estimate of drug-likeness (QED) is 0.696. The lowest BCUT2D eigenvalue weighted by molar-refractivity contribution is 0.244. The molecule has 6 nitrogen and oxygen atoms in total. The Labute approximate surface area is 169 Å². The molecule has 0 bridgehead atoms. The number of amides is 2. The number of anilines is 2. The number of hydrogen-bond donors (Lipinski definition) is 2. The fourth-order valence-electron chi connectivity index (χ4n) is 3.28. The molecule has 0 atom stereocenters. The summed E-state index contributed by atoms with van der Waals surface area (Å²) in [7, 11) is 1.66. The van der Waals surface area contributed by atoms with Crippen molar-refractivity contribution in [1.29, 1.82) is 0 Å². The zero-order valence-electron chi connectivity index (χ0n) is 16.5. The molecule has 1 aliphatic heterocycles. The number of nitrogens with zero attached hydrogens (tertiary/aromatic N) is 2. The van der Waals surface area contributed by atoms with E-state index >= 15 is 0 Å². The van der Waals surface area contributed by atoms with Crippen molar-refractivity contribution in [2.75, 3.05) is 56.6 Å². The van der Waals surface area contributed by atoms with E-state index < -0.39 is 17.7 Å². The molecule has 0 aliphatic carbocycles. The topological polar surface area (TPSA) is 56.8 Å². The third-order valence-corrected chi connectivity index (χ3v) is 4.93. The Morgan fingerprint density at radius 2 is 1.79 bits per heavy atom. The minimum absolute atomic E-state index is 0.0430. The summed E-state index contributed by atoms with van der Waals surface area (Å²) in [5.74, 6) is -0.624. The van der Waals surface area contributed by atoms with E-state index in [4.69, 9.17) is 4.74 Å². The second-order valence-corrected chi connectivity index (χ2v) is 6.89. The molecule has 2 N–H and O–H groups in total. The Bertz CT molecular complexity index is 809. The highest BCUT2D eigenvalue weighted by Crippen LogP contribution is 2.20. The van der Waals surface area contributed by atoms with Gasteiger partial charge in [-0.15, -0.1) is 0 Å². The Morgan fingerprint density at radius 3 is 2.45 bits per heavy atom. The first kappa shape index (κ1) is 20.9. The molecule has 3 rings (SSSR count). The number of hydrogen-bond acceptors (Lipinski definition) is 4. The molecule has 0 aromatic heterocycles. The molecule has 0 unspecified atom stereocenters. The van der Waals surface area contributed by atoms with Crippen LogP contribution < -0.4 is 20.3 Å². The van der Waals surface area contributed by atoms with Crippen LogP contribution in [0, 0.1) is 11.6 Å². The maximum atomic E-state index is 13.5. The summed E-state index contributed by atoms with van der Waals surface area (Å²) in [4.78, 5) is 16.5. The number of benzene rings is 2. The molecule has 0 radical (unpaired) electrons. The number of carbonyl (C=O) groups is 1. The molecule has 1 heterocycles. The van der Waals surface area contributed by atoms with Crippen LogP contribution in [0.2, 0.25) is 0 Å². The van der Waals surface area contributed by atoms with E-state index in [0.29, 0.717) is 6.54 Å². The van der Waals surface area contributed by atoms with Gasteiger partial charge in [-0.05, 0) is 49.4 Å². The summed E-state index contributed by atoms with van der Waals surface area (Å²) >= 11 is 0. The number of halogens is 2. The second-order valence-electron chi connectivity index (χ2n) is 6.89. The molecule has 2 aromatic rings. The number of nitrogens with one attached hydrogen (secondary N) is 2. The van der Waals surface area contributed by atoms with Gasteiger partial charge in [0.2, 0.25) is 0 Å². The van der Waals surface area contributed by atoms with Crippen LogP contribution in [0.5, 0.6) is 5.75 Å². The molecule has 2 aromatic carbocycles. The van der Waals surface area contributed by atoms with Crippen molar-refractivity contribution in [2.24, 2.45) is 0 Å². The van der Waals surface area contributed by atoms with Crippen LogP contribution in [0.4, 0.5) is 25.0 Å². The maximum absolute atomic E-state index is 13.5. The standard InChI is InChI=1S/C21H26F2N4O2/c1-29-18-6-4-17(5-7-18)27-13-11-26(12-14-27)10-2-9-24-21(28)25-20-8-3-16(22)15-19(20)23/h3-8,15H,2,9-14H2,1H3,(H2,24,25,28). The average molecular weight is 404 g/mol. The summed E-state index contributed by atoms with van der Waals surface area (Å²) < 4.78 is 31.6. The molecule has 0 saturated carbocycles. The summed E-state index contributed by atoms with van der Waals surface area (Å²) in [5, 5.41) is 5.09. The predicted octanol–water partition coefficient (Wildman–Crippen LogP) is 3.31. The average Bonchev–Trinajstić information content (AvgIpc) is 2.74. The Morgan fingerprint density at radius 1 is 1.07 bits per heavy atom. The molecular weight excluding hydrogens is 378 g/mol. The van der Waals surface area contributed by atoms with E-state index in [-0.39, 0.29) is 5.69 Å². The third-order valence-electron chi connectivity index (χ3n) is 4.93. The highest BCUT2D eigenvalue weighted by atomic mass is 19.1. The van der Waals surface area contributed by atoms with Gasteiger partial charge in [0.1, 0.15) is 17.4 Å². The molecule has 156 valence electrons. The fourth-order valence-corrected chi connectivity index (χ4v) is 3.28. The van der Waals surface area contributed by atoms with E-state index in [9.17, 15) is 13.6 Å². The summed E-state index contributed by atoms with van der Waals surface area (Å²) in [6.07, 6.45) is 0.794. The zero-order valence-corrected chi connectivity index (χ0v) is 16.5. The molecule has 8 heteroatoms. The Kier molecular flexibility index (Phi) is 7.24. The lowest BCUT2D eigenvalue weighted by atomic mass is 10.2. The fraction of sp³-hybridized carbons (Fsp3) is 0.381. The first-order chi connectivity index (χ1) is 14.0. The van der Waals surface area contributed by atoms with Crippen LogP contribution in [0.15, 0.2) is 42.5 Å². The van der Waals surface area contributed by atoms with Crippen LogP contribution in [-0.2, 0) is 0 Å².